The van der Waals surface area contributed by atoms with Crippen molar-refractivity contribution < 1.29 is 14.2 Å². The van der Waals surface area contributed by atoms with Crippen LogP contribution in [0.25, 0.3) is 0 Å². The molecule has 20 heavy (non-hydrogen) atoms. The quantitative estimate of drug-likeness (QED) is 0.912. The van der Waals surface area contributed by atoms with Gasteiger partial charge in [-0.1, -0.05) is 6.07 Å². The molecule has 5 nitrogen and oxygen atoms in total. The van der Waals surface area contributed by atoms with E-state index >= 15 is 0 Å². The Balaban J connectivity index is 2.19. The van der Waals surface area contributed by atoms with Crippen LogP contribution in [0.2, 0.25) is 0 Å². The number of halogens is 1. The largest absolute Gasteiger partial charge is 0.494 e. The standard InChI is InChI=1S/C14H18FN3O2/c1-9(2)18-14(16-8-17-18)7-12(19)10-4-5-11(15)13(6-10)20-3/h4-6,8-9,12,19H,7H2,1-3H3. The molecule has 0 radical (unpaired) electrons. The van der Waals surface area contributed by atoms with E-state index in [2.05, 4.69) is 10.1 Å². The molecule has 0 aliphatic heterocycles. The predicted molar refractivity (Wildman–Crippen MR) is 72.0 cm³/mol. The average Bonchev–Trinajstić information content (AvgIpc) is 2.87. The second-order valence-corrected chi connectivity index (χ2v) is 4.83. The van der Waals surface area contributed by atoms with Crippen molar-refractivity contribution in [3.05, 3.63) is 41.7 Å². The predicted octanol–water partition coefficient (Wildman–Crippen LogP) is 2.28. The highest BCUT2D eigenvalue weighted by Gasteiger charge is 2.16. The molecular weight excluding hydrogens is 261 g/mol. The van der Waals surface area contributed by atoms with Crippen LogP contribution in [0.1, 0.15) is 37.4 Å². The highest BCUT2D eigenvalue weighted by molar-refractivity contribution is 5.31. The van der Waals surface area contributed by atoms with Gasteiger partial charge in [0, 0.05) is 12.5 Å². The van der Waals surface area contributed by atoms with Gasteiger partial charge in [-0.3, -0.25) is 0 Å². The topological polar surface area (TPSA) is 60.2 Å². The van der Waals surface area contributed by atoms with Crippen molar-refractivity contribution in [3.63, 3.8) is 0 Å². The first-order valence-corrected chi connectivity index (χ1v) is 6.42. The lowest BCUT2D eigenvalue weighted by Gasteiger charge is -2.14. The van der Waals surface area contributed by atoms with E-state index in [1.807, 2.05) is 13.8 Å². The molecule has 0 saturated heterocycles. The molecule has 1 atom stereocenters. The third-order valence-electron chi connectivity index (χ3n) is 3.07. The first kappa shape index (κ1) is 14.5. The molecule has 0 bridgehead atoms. The van der Waals surface area contributed by atoms with Crippen molar-refractivity contribution >= 4 is 0 Å². The molecule has 1 aromatic carbocycles. The van der Waals surface area contributed by atoms with Crippen molar-refractivity contribution in [3.8, 4) is 5.75 Å². The Morgan fingerprint density at radius 1 is 1.40 bits per heavy atom. The number of ether oxygens (including phenoxy) is 1. The number of rotatable bonds is 5. The number of methoxy groups -OCH3 is 1. The molecule has 2 rings (SSSR count). The minimum absolute atomic E-state index is 0.117. The van der Waals surface area contributed by atoms with Crippen LogP contribution in [-0.4, -0.2) is 27.0 Å². The van der Waals surface area contributed by atoms with Crippen LogP contribution in [0.4, 0.5) is 4.39 Å². The third-order valence-corrected chi connectivity index (χ3v) is 3.07. The maximum atomic E-state index is 13.3. The summed E-state index contributed by atoms with van der Waals surface area (Å²) < 4.78 is 20.0. The lowest BCUT2D eigenvalue weighted by molar-refractivity contribution is 0.172. The Labute approximate surface area is 117 Å². The van der Waals surface area contributed by atoms with E-state index in [9.17, 15) is 9.50 Å². The summed E-state index contributed by atoms with van der Waals surface area (Å²) in [6.45, 7) is 3.98. The molecule has 2 aromatic rings. The smallest absolute Gasteiger partial charge is 0.165 e. The number of aliphatic hydroxyl groups is 1. The zero-order valence-corrected chi connectivity index (χ0v) is 11.7. The van der Waals surface area contributed by atoms with Crippen LogP contribution < -0.4 is 4.74 Å². The van der Waals surface area contributed by atoms with Gasteiger partial charge in [0.05, 0.1) is 13.2 Å². The minimum Gasteiger partial charge on any atom is -0.494 e. The fraction of sp³-hybridized carbons (Fsp3) is 0.429. The summed E-state index contributed by atoms with van der Waals surface area (Å²) in [6.07, 6.45) is 0.992. The van der Waals surface area contributed by atoms with Crippen molar-refractivity contribution in [2.24, 2.45) is 0 Å². The Morgan fingerprint density at radius 3 is 2.80 bits per heavy atom. The van der Waals surface area contributed by atoms with Crippen LogP contribution in [0.15, 0.2) is 24.5 Å². The summed E-state index contributed by atoms with van der Waals surface area (Å²) in [6, 6.07) is 4.49. The molecule has 0 amide bonds. The van der Waals surface area contributed by atoms with Gasteiger partial charge in [0.25, 0.3) is 0 Å². The van der Waals surface area contributed by atoms with Gasteiger partial charge < -0.3 is 9.84 Å². The van der Waals surface area contributed by atoms with Crippen LogP contribution in [0.5, 0.6) is 5.75 Å². The molecule has 6 heteroatoms. The van der Waals surface area contributed by atoms with Crippen LogP contribution in [-0.2, 0) is 6.42 Å². The Morgan fingerprint density at radius 2 is 2.15 bits per heavy atom. The molecule has 108 valence electrons. The second kappa shape index (κ2) is 6.00. The maximum absolute atomic E-state index is 13.3. The van der Waals surface area contributed by atoms with E-state index in [1.165, 1.54) is 25.6 Å². The highest BCUT2D eigenvalue weighted by Crippen LogP contribution is 2.24. The molecule has 1 heterocycles. The summed E-state index contributed by atoms with van der Waals surface area (Å²) in [7, 11) is 1.39. The Bertz CT molecular complexity index is 584. The van der Waals surface area contributed by atoms with E-state index in [-0.39, 0.29) is 11.8 Å². The number of aliphatic hydroxyl groups excluding tert-OH is 1. The number of benzene rings is 1. The number of hydrogen-bond acceptors (Lipinski definition) is 4. The highest BCUT2D eigenvalue weighted by atomic mass is 19.1. The van der Waals surface area contributed by atoms with Gasteiger partial charge in [-0.2, -0.15) is 5.10 Å². The molecule has 1 N–H and O–H groups in total. The van der Waals surface area contributed by atoms with E-state index in [0.29, 0.717) is 17.8 Å². The van der Waals surface area contributed by atoms with Gasteiger partial charge in [-0.15, -0.1) is 0 Å². The minimum atomic E-state index is -0.786. The van der Waals surface area contributed by atoms with Gasteiger partial charge in [0.15, 0.2) is 11.6 Å². The van der Waals surface area contributed by atoms with Crippen molar-refractivity contribution in [2.75, 3.05) is 7.11 Å². The molecule has 0 fully saturated rings. The van der Waals surface area contributed by atoms with Gasteiger partial charge in [0.2, 0.25) is 0 Å². The van der Waals surface area contributed by atoms with Gasteiger partial charge in [-0.05, 0) is 31.5 Å². The number of aromatic nitrogens is 3. The molecular formula is C14H18FN3O2. The molecule has 1 unspecified atom stereocenters. The van der Waals surface area contributed by atoms with Crippen molar-refractivity contribution in [1.29, 1.82) is 0 Å². The third kappa shape index (κ3) is 2.96. The van der Waals surface area contributed by atoms with Crippen molar-refractivity contribution in [2.45, 2.75) is 32.4 Å². The zero-order valence-electron chi connectivity index (χ0n) is 11.7. The van der Waals surface area contributed by atoms with E-state index in [4.69, 9.17) is 4.74 Å². The summed E-state index contributed by atoms with van der Waals surface area (Å²) in [4.78, 5) is 4.15. The lowest BCUT2D eigenvalue weighted by Crippen LogP contribution is -2.12. The fourth-order valence-corrected chi connectivity index (χ4v) is 2.03. The molecule has 0 aliphatic rings. The molecule has 0 spiro atoms. The van der Waals surface area contributed by atoms with Crippen LogP contribution in [0, 0.1) is 5.82 Å². The lowest BCUT2D eigenvalue weighted by atomic mass is 10.1. The van der Waals surface area contributed by atoms with E-state index in [0.717, 1.165) is 0 Å². The van der Waals surface area contributed by atoms with E-state index < -0.39 is 11.9 Å². The van der Waals surface area contributed by atoms with Crippen molar-refractivity contribution in [1.82, 2.24) is 14.8 Å². The number of hydrogen-bond donors (Lipinski definition) is 1. The van der Waals surface area contributed by atoms with Gasteiger partial charge in [0.1, 0.15) is 12.2 Å². The van der Waals surface area contributed by atoms with Crippen LogP contribution >= 0.6 is 0 Å². The summed E-state index contributed by atoms with van der Waals surface area (Å²) in [5, 5.41) is 14.4. The Kier molecular flexibility index (Phi) is 4.34. The second-order valence-electron chi connectivity index (χ2n) is 4.83. The molecule has 1 aromatic heterocycles. The average molecular weight is 279 g/mol. The van der Waals surface area contributed by atoms with Crippen LogP contribution in [0.3, 0.4) is 0 Å². The normalized spacial score (nSPS) is 12.7. The SMILES string of the molecule is COc1cc(C(O)Cc2ncnn2C(C)C)ccc1F. The fourth-order valence-electron chi connectivity index (χ4n) is 2.03. The van der Waals surface area contributed by atoms with Gasteiger partial charge >= 0.3 is 0 Å². The summed E-state index contributed by atoms with van der Waals surface area (Å²) in [5.74, 6) is 0.358. The first-order valence-electron chi connectivity index (χ1n) is 6.42. The molecule has 0 saturated carbocycles. The zero-order chi connectivity index (χ0) is 14.7. The van der Waals surface area contributed by atoms with E-state index in [1.54, 1.807) is 10.7 Å². The molecule has 0 aliphatic carbocycles. The summed E-state index contributed by atoms with van der Waals surface area (Å²) in [5.41, 5.74) is 0.585. The first-order chi connectivity index (χ1) is 9.52. The number of nitrogens with zero attached hydrogens (tertiary/aromatic N) is 3. The Hall–Kier alpha value is -1.95. The van der Waals surface area contributed by atoms with Gasteiger partial charge in [-0.25, -0.2) is 14.1 Å². The maximum Gasteiger partial charge on any atom is 0.165 e. The summed E-state index contributed by atoms with van der Waals surface area (Å²) >= 11 is 0. The monoisotopic (exact) mass is 279 g/mol.